The molecular formula is C15H9Cl2FN4S. The first-order valence-electron chi connectivity index (χ1n) is 6.48. The Morgan fingerprint density at radius 1 is 1.17 bits per heavy atom. The third kappa shape index (κ3) is 3.19. The third-order valence-corrected chi connectivity index (χ3v) is 4.16. The van der Waals surface area contributed by atoms with Crippen LogP contribution in [-0.2, 0) is 0 Å². The zero-order valence-corrected chi connectivity index (χ0v) is 13.8. The molecule has 0 aliphatic heterocycles. The molecule has 0 bridgehead atoms. The molecule has 3 rings (SSSR count). The maximum Gasteiger partial charge on any atom is 0.216 e. The lowest BCUT2D eigenvalue weighted by molar-refractivity contribution is 0.628. The summed E-state index contributed by atoms with van der Waals surface area (Å²) in [4.78, 5) is 0. The van der Waals surface area contributed by atoms with E-state index >= 15 is 0 Å². The van der Waals surface area contributed by atoms with E-state index in [1.807, 2.05) is 0 Å². The van der Waals surface area contributed by atoms with Gasteiger partial charge in [-0.15, -0.1) is 0 Å². The van der Waals surface area contributed by atoms with Gasteiger partial charge < -0.3 is 0 Å². The predicted octanol–water partition coefficient (Wildman–Crippen LogP) is 4.94. The highest BCUT2D eigenvalue weighted by Gasteiger charge is 2.12. The lowest BCUT2D eigenvalue weighted by Crippen LogP contribution is -1.97. The smallest absolute Gasteiger partial charge is 0.216 e. The van der Waals surface area contributed by atoms with E-state index in [2.05, 4.69) is 15.3 Å². The molecule has 2 aromatic carbocycles. The molecule has 0 unspecified atom stereocenters. The van der Waals surface area contributed by atoms with Crippen LogP contribution in [-0.4, -0.2) is 21.1 Å². The van der Waals surface area contributed by atoms with Gasteiger partial charge in [-0.1, -0.05) is 47.5 Å². The van der Waals surface area contributed by atoms with Gasteiger partial charge in [0.05, 0.1) is 21.8 Å². The van der Waals surface area contributed by atoms with Crippen LogP contribution in [0.4, 0.5) is 4.39 Å². The third-order valence-electron chi connectivity index (χ3n) is 3.06. The number of aromatic amines is 1. The second-order valence-corrected chi connectivity index (χ2v) is 5.70. The van der Waals surface area contributed by atoms with Gasteiger partial charge in [0.2, 0.25) is 4.77 Å². The number of hydrogen-bond acceptors (Lipinski definition) is 3. The molecule has 116 valence electrons. The van der Waals surface area contributed by atoms with Gasteiger partial charge in [-0.2, -0.15) is 14.9 Å². The Bertz CT molecular complexity index is 949. The highest BCUT2D eigenvalue weighted by molar-refractivity contribution is 7.71. The molecule has 4 nitrogen and oxygen atoms in total. The van der Waals surface area contributed by atoms with Crippen molar-refractivity contribution in [3.05, 3.63) is 68.7 Å². The number of rotatable bonds is 3. The summed E-state index contributed by atoms with van der Waals surface area (Å²) < 4.78 is 15.5. The molecule has 1 N–H and O–H groups in total. The molecule has 0 fully saturated rings. The molecule has 0 aliphatic carbocycles. The van der Waals surface area contributed by atoms with Crippen LogP contribution in [0.15, 0.2) is 47.6 Å². The Hall–Kier alpha value is -2.02. The number of hydrogen-bond donors (Lipinski definition) is 1. The second kappa shape index (κ2) is 6.62. The fourth-order valence-electron chi connectivity index (χ4n) is 1.96. The molecule has 3 aromatic rings. The number of aromatic nitrogens is 3. The highest BCUT2D eigenvalue weighted by atomic mass is 35.5. The second-order valence-electron chi connectivity index (χ2n) is 4.53. The molecule has 8 heteroatoms. The summed E-state index contributed by atoms with van der Waals surface area (Å²) in [5, 5.41) is 11.7. The van der Waals surface area contributed by atoms with E-state index in [9.17, 15) is 4.39 Å². The van der Waals surface area contributed by atoms with Crippen LogP contribution in [0, 0.1) is 10.6 Å². The fourth-order valence-corrected chi connectivity index (χ4v) is 2.49. The van der Waals surface area contributed by atoms with Crippen LogP contribution in [0.1, 0.15) is 5.56 Å². The Morgan fingerprint density at radius 2 is 1.96 bits per heavy atom. The molecule has 0 spiro atoms. The van der Waals surface area contributed by atoms with Gasteiger partial charge in [0, 0.05) is 5.56 Å². The van der Waals surface area contributed by atoms with Crippen LogP contribution < -0.4 is 0 Å². The molecular weight excluding hydrogens is 358 g/mol. The molecule has 0 radical (unpaired) electrons. The van der Waals surface area contributed by atoms with Crippen LogP contribution >= 0.6 is 35.4 Å². The van der Waals surface area contributed by atoms with Gasteiger partial charge in [-0.3, -0.25) is 0 Å². The Balaban J connectivity index is 2.07. The fraction of sp³-hybridized carbons (Fsp3) is 0. The van der Waals surface area contributed by atoms with Gasteiger partial charge in [0.15, 0.2) is 5.82 Å². The number of halogens is 3. The predicted molar refractivity (Wildman–Crippen MR) is 92.3 cm³/mol. The lowest BCUT2D eigenvalue weighted by atomic mass is 10.2. The minimum absolute atomic E-state index is 0.234. The Labute approximate surface area is 146 Å². The summed E-state index contributed by atoms with van der Waals surface area (Å²) in [6.07, 6.45) is 1.49. The monoisotopic (exact) mass is 366 g/mol. The standard InChI is InChI=1S/C15H9Cl2FN4S/c16-11-6-3-4-9(13(11)17)8-19-22-14(20-21-15(22)23)10-5-1-2-7-12(10)18/h1-8H,(H,21,23)/b19-8-. The van der Waals surface area contributed by atoms with Crippen LogP contribution in [0.25, 0.3) is 11.4 Å². The molecule has 0 atom stereocenters. The summed E-state index contributed by atoms with van der Waals surface area (Å²) in [7, 11) is 0. The topological polar surface area (TPSA) is 46.0 Å². The van der Waals surface area contributed by atoms with E-state index in [4.69, 9.17) is 35.4 Å². The van der Waals surface area contributed by atoms with E-state index < -0.39 is 5.82 Å². The van der Waals surface area contributed by atoms with Gasteiger partial charge in [-0.05, 0) is 30.4 Å². The average Bonchev–Trinajstić information content (AvgIpc) is 2.90. The summed E-state index contributed by atoms with van der Waals surface area (Å²) in [6, 6.07) is 11.4. The normalized spacial score (nSPS) is 11.3. The molecule has 0 saturated carbocycles. The molecule has 1 heterocycles. The number of benzene rings is 2. The molecule has 0 aliphatic rings. The van der Waals surface area contributed by atoms with Crippen molar-refractivity contribution in [2.75, 3.05) is 0 Å². The Kier molecular flexibility index (Phi) is 4.56. The Morgan fingerprint density at radius 3 is 2.74 bits per heavy atom. The SMILES string of the molecule is Fc1ccccc1-c1n[nH]c(=S)n1/N=C\c1cccc(Cl)c1Cl. The van der Waals surface area contributed by atoms with E-state index in [0.717, 1.165) is 0 Å². The summed E-state index contributed by atoms with van der Waals surface area (Å²) in [5.41, 5.74) is 0.899. The maximum atomic E-state index is 14.0. The van der Waals surface area contributed by atoms with Crippen molar-refractivity contribution >= 4 is 41.6 Å². The maximum absolute atomic E-state index is 14.0. The minimum atomic E-state index is -0.418. The van der Waals surface area contributed by atoms with Gasteiger partial charge in [0.1, 0.15) is 5.82 Å². The molecule has 1 aromatic heterocycles. The number of H-pyrrole nitrogens is 1. The number of nitrogens with zero attached hydrogens (tertiary/aromatic N) is 3. The van der Waals surface area contributed by atoms with E-state index in [1.54, 1.807) is 36.4 Å². The van der Waals surface area contributed by atoms with Crippen molar-refractivity contribution in [2.24, 2.45) is 5.10 Å². The zero-order valence-electron chi connectivity index (χ0n) is 11.5. The highest BCUT2D eigenvalue weighted by Crippen LogP contribution is 2.25. The van der Waals surface area contributed by atoms with Crippen molar-refractivity contribution in [3.8, 4) is 11.4 Å². The molecule has 0 amide bonds. The van der Waals surface area contributed by atoms with Crippen molar-refractivity contribution in [1.29, 1.82) is 0 Å². The van der Waals surface area contributed by atoms with Gasteiger partial charge >= 0.3 is 0 Å². The van der Waals surface area contributed by atoms with Crippen molar-refractivity contribution in [1.82, 2.24) is 14.9 Å². The van der Waals surface area contributed by atoms with Gasteiger partial charge in [0.25, 0.3) is 0 Å². The summed E-state index contributed by atoms with van der Waals surface area (Å²) >= 11 is 17.2. The minimum Gasteiger partial charge on any atom is -0.250 e. The number of nitrogens with one attached hydrogen (secondary N) is 1. The first kappa shape index (κ1) is 15.9. The largest absolute Gasteiger partial charge is 0.250 e. The first-order valence-corrected chi connectivity index (χ1v) is 7.65. The average molecular weight is 367 g/mol. The van der Waals surface area contributed by atoms with Crippen molar-refractivity contribution in [3.63, 3.8) is 0 Å². The van der Waals surface area contributed by atoms with E-state index in [0.29, 0.717) is 15.6 Å². The van der Waals surface area contributed by atoms with Crippen molar-refractivity contribution in [2.45, 2.75) is 0 Å². The quantitative estimate of drug-likeness (QED) is 0.527. The van der Waals surface area contributed by atoms with E-state index in [-0.39, 0.29) is 16.2 Å². The summed E-state index contributed by atoms with van der Waals surface area (Å²) in [5.74, 6) is -0.152. The van der Waals surface area contributed by atoms with Crippen LogP contribution in [0.3, 0.4) is 0 Å². The molecule has 0 saturated heterocycles. The summed E-state index contributed by atoms with van der Waals surface area (Å²) in [6.45, 7) is 0. The first-order chi connectivity index (χ1) is 11.1. The zero-order chi connectivity index (χ0) is 16.4. The van der Waals surface area contributed by atoms with Gasteiger partial charge in [-0.25, -0.2) is 9.49 Å². The molecule has 23 heavy (non-hydrogen) atoms. The van der Waals surface area contributed by atoms with Crippen LogP contribution in [0.2, 0.25) is 10.0 Å². The van der Waals surface area contributed by atoms with Crippen LogP contribution in [0.5, 0.6) is 0 Å². The lowest BCUT2D eigenvalue weighted by Gasteiger charge is -2.03. The van der Waals surface area contributed by atoms with E-state index in [1.165, 1.54) is 17.0 Å². The van der Waals surface area contributed by atoms with Crippen molar-refractivity contribution < 1.29 is 4.39 Å².